The maximum absolute atomic E-state index is 13.0. The lowest BCUT2D eigenvalue weighted by Crippen LogP contribution is -2.22. The van der Waals surface area contributed by atoms with Crippen LogP contribution in [0.5, 0.6) is 0 Å². The van der Waals surface area contributed by atoms with Crippen LogP contribution in [0.15, 0.2) is 83.6 Å². The summed E-state index contributed by atoms with van der Waals surface area (Å²) in [5.41, 5.74) is 1.87. The Kier molecular flexibility index (Phi) is 6.59. The van der Waals surface area contributed by atoms with Gasteiger partial charge in [-0.15, -0.1) is 11.3 Å². The molecule has 1 N–H and O–H groups in total. The number of aromatic nitrogens is 2. The average molecular weight is 452 g/mol. The quantitative estimate of drug-likeness (QED) is 0.303. The molecule has 156 valence electrons. The van der Waals surface area contributed by atoms with Gasteiger partial charge in [0.05, 0.1) is 12.3 Å². The second-order valence-electron chi connectivity index (χ2n) is 6.61. The van der Waals surface area contributed by atoms with Crippen LogP contribution in [0.4, 0.5) is 4.39 Å². The lowest BCUT2D eigenvalue weighted by molar-refractivity contribution is 0.0950. The summed E-state index contributed by atoms with van der Waals surface area (Å²) < 4.78 is 14.9. The van der Waals surface area contributed by atoms with Crippen LogP contribution in [-0.2, 0) is 6.54 Å². The lowest BCUT2D eigenvalue weighted by atomic mass is 10.1. The molecule has 4 rings (SSSR count). The maximum atomic E-state index is 13.0. The molecule has 0 bridgehead atoms. The Labute approximate surface area is 187 Å². The van der Waals surface area contributed by atoms with E-state index >= 15 is 0 Å². The van der Waals surface area contributed by atoms with E-state index in [1.165, 1.54) is 36.0 Å². The summed E-state index contributed by atoms with van der Waals surface area (Å²) in [6, 6.07) is 16.6. The van der Waals surface area contributed by atoms with Gasteiger partial charge in [0.25, 0.3) is 5.91 Å². The Balaban J connectivity index is 1.39. The number of hydrogen-bond donors (Lipinski definition) is 1. The monoisotopic (exact) mass is 451 g/mol. The summed E-state index contributed by atoms with van der Waals surface area (Å²) in [7, 11) is 0. The van der Waals surface area contributed by atoms with E-state index in [2.05, 4.69) is 10.3 Å². The van der Waals surface area contributed by atoms with Crippen LogP contribution in [0.25, 0.3) is 5.69 Å². The molecule has 0 aliphatic rings. The van der Waals surface area contributed by atoms with Gasteiger partial charge in [0.15, 0.2) is 10.9 Å². The van der Waals surface area contributed by atoms with Crippen molar-refractivity contribution in [2.24, 2.45) is 0 Å². The van der Waals surface area contributed by atoms with Gasteiger partial charge in [-0.1, -0.05) is 17.8 Å². The molecular formula is C23H18FN3O2S2. The number of halogens is 1. The van der Waals surface area contributed by atoms with Gasteiger partial charge in [0.1, 0.15) is 5.82 Å². The molecule has 0 aliphatic heterocycles. The van der Waals surface area contributed by atoms with Crippen LogP contribution in [0, 0.1) is 5.82 Å². The molecule has 31 heavy (non-hydrogen) atoms. The number of thiophene rings is 1. The van der Waals surface area contributed by atoms with Crippen LogP contribution in [0.1, 0.15) is 25.6 Å². The zero-order chi connectivity index (χ0) is 21.6. The van der Waals surface area contributed by atoms with Crippen molar-refractivity contribution in [3.63, 3.8) is 0 Å². The van der Waals surface area contributed by atoms with E-state index in [4.69, 9.17) is 0 Å². The molecule has 0 aliphatic carbocycles. The fraction of sp³-hybridized carbons (Fsp3) is 0.0870. The van der Waals surface area contributed by atoms with E-state index in [0.29, 0.717) is 22.8 Å². The molecule has 2 aromatic carbocycles. The van der Waals surface area contributed by atoms with Gasteiger partial charge >= 0.3 is 0 Å². The molecule has 0 fully saturated rings. The fourth-order valence-electron chi connectivity index (χ4n) is 2.90. The van der Waals surface area contributed by atoms with Gasteiger partial charge in [-0.3, -0.25) is 14.2 Å². The summed E-state index contributed by atoms with van der Waals surface area (Å²) in [6.45, 7) is 0.503. The number of imidazole rings is 1. The highest BCUT2D eigenvalue weighted by molar-refractivity contribution is 7.99. The first-order valence-electron chi connectivity index (χ1n) is 9.46. The van der Waals surface area contributed by atoms with Crippen molar-refractivity contribution in [1.82, 2.24) is 14.9 Å². The molecule has 1 amide bonds. The largest absolute Gasteiger partial charge is 0.347 e. The molecule has 4 aromatic rings. The Hall–Kier alpha value is -3.23. The number of nitrogens with one attached hydrogen (secondary N) is 1. The summed E-state index contributed by atoms with van der Waals surface area (Å²) in [6.07, 6.45) is 3.46. The van der Waals surface area contributed by atoms with E-state index in [0.717, 1.165) is 10.6 Å². The summed E-state index contributed by atoms with van der Waals surface area (Å²) >= 11 is 2.90. The molecule has 0 radical (unpaired) electrons. The SMILES string of the molecule is O=C(CSc1nccn1-c1ccc(C(=O)NCc2cccs2)cc1)c1ccc(F)cc1. The number of hydrogen-bond acceptors (Lipinski definition) is 5. The standard InChI is InChI=1S/C23H18FN3O2S2/c24-18-7-3-16(4-8-18)21(28)15-31-23-25-11-12-27(23)19-9-5-17(6-10-19)22(29)26-14-20-2-1-13-30-20/h1-13H,14-15H2,(H,26,29). The minimum atomic E-state index is -0.372. The highest BCUT2D eigenvalue weighted by Gasteiger charge is 2.12. The Morgan fingerprint density at radius 3 is 2.48 bits per heavy atom. The Bertz CT molecular complexity index is 1170. The number of amides is 1. The fourth-order valence-corrected chi connectivity index (χ4v) is 4.41. The predicted molar refractivity (Wildman–Crippen MR) is 121 cm³/mol. The number of Topliss-reactive ketones (excluding diaryl/α,β-unsaturated/α-hetero) is 1. The number of carbonyl (C=O) groups is 2. The predicted octanol–water partition coefficient (Wildman–Crippen LogP) is 4.98. The first-order valence-corrected chi connectivity index (χ1v) is 11.3. The molecule has 0 atom stereocenters. The van der Waals surface area contributed by atoms with E-state index in [9.17, 15) is 14.0 Å². The van der Waals surface area contributed by atoms with Crippen molar-refractivity contribution in [1.29, 1.82) is 0 Å². The van der Waals surface area contributed by atoms with Crippen molar-refractivity contribution in [3.05, 3.63) is 100 Å². The second kappa shape index (κ2) is 9.72. The Morgan fingerprint density at radius 1 is 1.03 bits per heavy atom. The number of nitrogens with zero attached hydrogens (tertiary/aromatic N) is 2. The lowest BCUT2D eigenvalue weighted by Gasteiger charge is -2.09. The minimum absolute atomic E-state index is 0.0997. The number of carbonyl (C=O) groups excluding carboxylic acids is 2. The molecule has 0 saturated carbocycles. The smallest absolute Gasteiger partial charge is 0.251 e. The van der Waals surface area contributed by atoms with Crippen LogP contribution in [-0.4, -0.2) is 27.0 Å². The van der Waals surface area contributed by atoms with Gasteiger partial charge in [-0.05, 0) is 60.0 Å². The molecule has 8 heteroatoms. The van der Waals surface area contributed by atoms with Gasteiger partial charge in [0.2, 0.25) is 0 Å². The highest BCUT2D eigenvalue weighted by atomic mass is 32.2. The number of rotatable bonds is 8. The maximum Gasteiger partial charge on any atom is 0.251 e. The molecule has 0 spiro atoms. The van der Waals surface area contributed by atoms with Crippen LogP contribution in [0.3, 0.4) is 0 Å². The van der Waals surface area contributed by atoms with Crippen molar-refractivity contribution < 1.29 is 14.0 Å². The van der Waals surface area contributed by atoms with Crippen LogP contribution in [0.2, 0.25) is 0 Å². The molecule has 0 saturated heterocycles. The van der Waals surface area contributed by atoms with Crippen molar-refractivity contribution in [2.45, 2.75) is 11.7 Å². The average Bonchev–Trinajstić information content (AvgIpc) is 3.48. The highest BCUT2D eigenvalue weighted by Crippen LogP contribution is 2.22. The third-order valence-corrected chi connectivity index (χ3v) is 6.36. The summed E-state index contributed by atoms with van der Waals surface area (Å²) in [4.78, 5) is 30.1. The number of benzene rings is 2. The summed E-state index contributed by atoms with van der Waals surface area (Å²) in [5, 5.41) is 5.54. The van der Waals surface area contributed by atoms with Gasteiger partial charge in [-0.25, -0.2) is 9.37 Å². The van der Waals surface area contributed by atoms with E-state index < -0.39 is 0 Å². The van der Waals surface area contributed by atoms with E-state index in [1.54, 1.807) is 35.9 Å². The second-order valence-corrected chi connectivity index (χ2v) is 8.58. The van der Waals surface area contributed by atoms with Crippen LogP contribution >= 0.6 is 23.1 Å². The molecule has 5 nitrogen and oxygen atoms in total. The van der Waals surface area contributed by atoms with Gasteiger partial charge in [0, 0.05) is 34.1 Å². The number of thioether (sulfide) groups is 1. The van der Waals surface area contributed by atoms with E-state index in [1.807, 2.05) is 34.2 Å². The molecule has 2 aromatic heterocycles. The van der Waals surface area contributed by atoms with Crippen molar-refractivity contribution in [3.8, 4) is 5.69 Å². The molecule has 2 heterocycles. The summed E-state index contributed by atoms with van der Waals surface area (Å²) in [5.74, 6) is -0.419. The molecular weight excluding hydrogens is 433 g/mol. The van der Waals surface area contributed by atoms with Crippen LogP contribution < -0.4 is 5.32 Å². The van der Waals surface area contributed by atoms with Crippen molar-refractivity contribution in [2.75, 3.05) is 5.75 Å². The zero-order valence-corrected chi connectivity index (χ0v) is 18.0. The first kappa shape index (κ1) is 21.0. The minimum Gasteiger partial charge on any atom is -0.347 e. The van der Waals surface area contributed by atoms with Crippen molar-refractivity contribution >= 4 is 34.8 Å². The normalized spacial score (nSPS) is 10.7. The number of ketones is 1. The van der Waals surface area contributed by atoms with Gasteiger partial charge in [-0.2, -0.15) is 0 Å². The third-order valence-electron chi connectivity index (χ3n) is 4.52. The van der Waals surface area contributed by atoms with Gasteiger partial charge < -0.3 is 5.32 Å². The zero-order valence-electron chi connectivity index (χ0n) is 16.3. The topological polar surface area (TPSA) is 64.0 Å². The third kappa shape index (κ3) is 5.28. The first-order chi connectivity index (χ1) is 15.1. The molecule has 0 unspecified atom stereocenters. The Morgan fingerprint density at radius 2 is 1.77 bits per heavy atom. The van der Waals surface area contributed by atoms with E-state index in [-0.39, 0.29) is 23.3 Å².